The van der Waals surface area contributed by atoms with Crippen molar-refractivity contribution in [3.8, 4) is 5.75 Å². The highest BCUT2D eigenvalue weighted by atomic mass is 35.6. The van der Waals surface area contributed by atoms with Crippen LogP contribution in [-0.4, -0.2) is 55.0 Å². The summed E-state index contributed by atoms with van der Waals surface area (Å²) in [5.41, 5.74) is 3.29. The number of rotatable bonds is 5. The van der Waals surface area contributed by atoms with Crippen molar-refractivity contribution in [2.75, 3.05) is 39.3 Å². The molecule has 2 aromatic carbocycles. The zero-order chi connectivity index (χ0) is 21.2. The van der Waals surface area contributed by atoms with Gasteiger partial charge < -0.3 is 9.64 Å². The predicted octanol–water partition coefficient (Wildman–Crippen LogP) is 5.29. The van der Waals surface area contributed by atoms with Gasteiger partial charge >= 0.3 is 0 Å². The second-order valence-electron chi connectivity index (χ2n) is 6.81. The molecule has 1 N–H and O–H groups in total. The second kappa shape index (κ2) is 12.3. The van der Waals surface area contributed by atoms with Crippen LogP contribution in [0.1, 0.15) is 16.7 Å². The Morgan fingerprint density at radius 3 is 2.07 bits per heavy atom. The number of hydrogen-bond donors (Lipinski definition) is 1. The van der Waals surface area contributed by atoms with Crippen molar-refractivity contribution >= 4 is 41.2 Å². The zero-order valence-electron chi connectivity index (χ0n) is 16.6. The molecule has 158 valence electrons. The molecule has 0 spiro atoms. The van der Waals surface area contributed by atoms with Gasteiger partial charge in [-0.15, -0.1) is 0 Å². The normalized spacial score (nSPS) is 14.2. The summed E-state index contributed by atoms with van der Waals surface area (Å²) >= 11 is 14.5. The summed E-state index contributed by atoms with van der Waals surface area (Å²) < 4.78 is 9.21. The molecular formula is C21H26Cl3N3O2. The highest BCUT2D eigenvalue weighted by molar-refractivity contribution is 6.30. The van der Waals surface area contributed by atoms with Crippen molar-refractivity contribution in [2.45, 2.75) is 13.8 Å². The minimum Gasteiger partial charge on any atom is -0.492 e. The van der Waals surface area contributed by atoms with Crippen LogP contribution in [0.15, 0.2) is 42.5 Å². The highest BCUT2D eigenvalue weighted by Gasteiger charge is 2.19. The van der Waals surface area contributed by atoms with Crippen molar-refractivity contribution in [2.24, 2.45) is 0 Å². The topological polar surface area (TPSA) is 48.8 Å². The van der Waals surface area contributed by atoms with Gasteiger partial charge in [0.15, 0.2) is 0 Å². The molecule has 5 nitrogen and oxygen atoms in total. The lowest BCUT2D eigenvalue weighted by Crippen LogP contribution is -2.49. The Morgan fingerprint density at radius 1 is 0.966 bits per heavy atom. The zero-order valence-corrected chi connectivity index (χ0v) is 18.9. The van der Waals surface area contributed by atoms with Gasteiger partial charge in [-0.05, 0) is 49.2 Å². The van der Waals surface area contributed by atoms with Crippen molar-refractivity contribution in [3.05, 3.63) is 64.2 Å². The summed E-state index contributed by atoms with van der Waals surface area (Å²) in [7, 11) is 0. The van der Waals surface area contributed by atoms with Crippen molar-refractivity contribution in [1.29, 1.82) is 5.41 Å². The van der Waals surface area contributed by atoms with E-state index in [2.05, 4.69) is 69.4 Å². The lowest BCUT2D eigenvalue weighted by molar-refractivity contribution is 0.153. The molecule has 8 heteroatoms. The van der Waals surface area contributed by atoms with Crippen LogP contribution in [0.25, 0.3) is 0 Å². The fourth-order valence-electron chi connectivity index (χ4n) is 3.29. The average Bonchev–Trinajstić information content (AvgIpc) is 2.71. The molecule has 0 radical (unpaired) electrons. The maximum absolute atomic E-state index is 8.40. The summed E-state index contributed by atoms with van der Waals surface area (Å²) in [6.45, 7) is 9.41. The Hall–Kier alpha value is -1.50. The number of benzene rings is 2. The Kier molecular flexibility index (Phi) is 10.0. The van der Waals surface area contributed by atoms with E-state index in [0.29, 0.717) is 17.5 Å². The maximum Gasteiger partial charge on any atom is 0.128 e. The largest absolute Gasteiger partial charge is 0.492 e. The van der Waals surface area contributed by atoms with Gasteiger partial charge in [-0.2, -0.15) is 3.84 Å². The van der Waals surface area contributed by atoms with E-state index < -0.39 is 0 Å². The van der Waals surface area contributed by atoms with Crippen molar-refractivity contribution in [3.63, 3.8) is 0 Å². The molecule has 1 aliphatic rings. The molecule has 0 aromatic heterocycles. The fraction of sp³-hybridized carbons (Fsp3) is 0.381. The molecule has 3 rings (SSSR count). The minimum absolute atomic E-state index is 0.577. The van der Waals surface area contributed by atoms with Crippen LogP contribution in [0.4, 0.5) is 0 Å². The Bertz CT molecular complexity index is 759. The number of hydrogen-bond acceptors (Lipinski definition) is 4. The SMILES string of the molecule is Cc1cccc(C)c1OCCN1CCN(C(=N)c2ccc(Cl)cc2)CC1.ClOCl. The van der Waals surface area contributed by atoms with Crippen molar-refractivity contribution in [1.82, 2.24) is 9.80 Å². The van der Waals surface area contributed by atoms with Crippen LogP contribution in [0.3, 0.4) is 0 Å². The maximum atomic E-state index is 8.40. The summed E-state index contributed by atoms with van der Waals surface area (Å²) in [5.74, 6) is 1.59. The minimum atomic E-state index is 0.577. The summed E-state index contributed by atoms with van der Waals surface area (Å²) in [6, 6.07) is 13.7. The van der Waals surface area contributed by atoms with E-state index in [-0.39, 0.29) is 0 Å². The lowest BCUT2D eigenvalue weighted by Gasteiger charge is -2.36. The third-order valence-corrected chi connectivity index (χ3v) is 5.12. The first-order valence-electron chi connectivity index (χ1n) is 9.36. The van der Waals surface area contributed by atoms with Crippen LogP contribution in [0, 0.1) is 19.3 Å². The summed E-state index contributed by atoms with van der Waals surface area (Å²) in [5, 5.41) is 9.10. The molecule has 0 amide bonds. The van der Waals surface area contributed by atoms with E-state index in [1.165, 1.54) is 11.1 Å². The molecule has 29 heavy (non-hydrogen) atoms. The molecule has 0 atom stereocenters. The fourth-order valence-corrected chi connectivity index (χ4v) is 3.42. The highest BCUT2D eigenvalue weighted by Crippen LogP contribution is 2.22. The van der Waals surface area contributed by atoms with Gasteiger partial charge in [-0.3, -0.25) is 10.3 Å². The molecular weight excluding hydrogens is 433 g/mol. The lowest BCUT2D eigenvalue weighted by atomic mass is 10.1. The molecule has 0 saturated carbocycles. The number of halogens is 3. The van der Waals surface area contributed by atoms with Gasteiger partial charge in [0.1, 0.15) is 18.2 Å². The number of piperazine rings is 1. The Labute approximate surface area is 187 Å². The van der Waals surface area contributed by atoms with Crippen LogP contribution in [0.5, 0.6) is 5.75 Å². The van der Waals surface area contributed by atoms with Crippen molar-refractivity contribution < 1.29 is 8.58 Å². The monoisotopic (exact) mass is 457 g/mol. The second-order valence-corrected chi connectivity index (χ2v) is 7.71. The van der Waals surface area contributed by atoms with Gasteiger partial charge in [0.25, 0.3) is 0 Å². The number of aryl methyl sites for hydroxylation is 2. The van der Waals surface area contributed by atoms with Crippen LogP contribution < -0.4 is 4.74 Å². The Morgan fingerprint density at radius 2 is 1.52 bits per heavy atom. The van der Waals surface area contributed by atoms with E-state index in [4.69, 9.17) is 21.7 Å². The first-order valence-corrected chi connectivity index (χ1v) is 10.4. The van der Waals surface area contributed by atoms with E-state index in [0.717, 1.165) is 44.0 Å². The number of para-hydroxylation sites is 1. The van der Waals surface area contributed by atoms with E-state index in [9.17, 15) is 0 Å². The van der Waals surface area contributed by atoms with Gasteiger partial charge in [-0.25, -0.2) is 0 Å². The summed E-state index contributed by atoms with van der Waals surface area (Å²) in [4.78, 5) is 4.53. The van der Waals surface area contributed by atoms with Gasteiger partial charge in [0.05, 0.1) is 23.7 Å². The molecule has 1 heterocycles. The van der Waals surface area contributed by atoms with Gasteiger partial charge in [0.2, 0.25) is 0 Å². The predicted molar refractivity (Wildman–Crippen MR) is 120 cm³/mol. The number of nitrogens with one attached hydrogen (secondary N) is 1. The van der Waals surface area contributed by atoms with E-state index >= 15 is 0 Å². The molecule has 1 fully saturated rings. The molecule has 1 saturated heterocycles. The number of ether oxygens (including phenoxy) is 1. The third kappa shape index (κ3) is 7.36. The quantitative estimate of drug-likeness (QED) is 0.488. The number of amidine groups is 1. The van der Waals surface area contributed by atoms with Crippen LogP contribution in [0.2, 0.25) is 5.02 Å². The molecule has 0 aliphatic carbocycles. The molecule has 1 aliphatic heterocycles. The first kappa shape index (κ1) is 23.8. The van der Waals surface area contributed by atoms with Crippen LogP contribution in [-0.2, 0) is 3.84 Å². The standard InChI is InChI=1S/C21H26ClN3O.Cl2O/c1-16-4-3-5-17(2)20(16)26-15-14-24-10-12-25(13-11-24)21(23)18-6-8-19(22)9-7-18;1-3-2/h3-9,23H,10-15H2,1-2H3;. The third-order valence-electron chi connectivity index (χ3n) is 4.87. The molecule has 2 aromatic rings. The van der Waals surface area contributed by atoms with Crippen LogP contribution >= 0.6 is 35.3 Å². The molecule has 0 bridgehead atoms. The molecule has 0 unspecified atom stereocenters. The van der Waals surface area contributed by atoms with Gasteiger partial charge in [-0.1, -0.05) is 29.8 Å². The Balaban J connectivity index is 0.000000941. The van der Waals surface area contributed by atoms with E-state index in [1.54, 1.807) is 0 Å². The first-order chi connectivity index (χ1) is 14.0. The van der Waals surface area contributed by atoms with E-state index in [1.807, 2.05) is 24.3 Å². The summed E-state index contributed by atoms with van der Waals surface area (Å²) in [6.07, 6.45) is 0. The average molecular weight is 459 g/mol. The smallest absolute Gasteiger partial charge is 0.128 e. The van der Waals surface area contributed by atoms with Gasteiger partial charge in [0, 0.05) is 43.3 Å². The number of nitrogens with zero attached hydrogens (tertiary/aromatic N) is 2.